The molecule has 2 aromatic rings. The maximum absolute atomic E-state index is 6.10. The fourth-order valence-electron chi connectivity index (χ4n) is 3.14. The molecule has 0 radical (unpaired) electrons. The van der Waals surface area contributed by atoms with Gasteiger partial charge in [0, 0.05) is 31.3 Å². The predicted molar refractivity (Wildman–Crippen MR) is 121 cm³/mol. The van der Waals surface area contributed by atoms with Crippen molar-refractivity contribution >= 4 is 35.8 Å². The molecule has 1 aliphatic rings. The quantitative estimate of drug-likeness (QED) is 0.376. The fourth-order valence-corrected chi connectivity index (χ4v) is 3.14. The number of hydrogen-bond acceptors (Lipinski definition) is 4. The van der Waals surface area contributed by atoms with E-state index in [1.165, 1.54) is 0 Å². The summed E-state index contributed by atoms with van der Waals surface area (Å²) in [6, 6.07) is 12.3. The molecule has 0 fully saturated rings. The van der Waals surface area contributed by atoms with Gasteiger partial charge < -0.3 is 20.7 Å². The van der Waals surface area contributed by atoms with Gasteiger partial charge in [0.15, 0.2) is 5.96 Å². The average Bonchev–Trinajstić information content (AvgIpc) is 2.68. The number of guanidine groups is 1. The van der Waals surface area contributed by atoms with Crippen LogP contribution in [0.3, 0.4) is 0 Å². The van der Waals surface area contributed by atoms with Gasteiger partial charge >= 0.3 is 0 Å². The Bertz CT molecular complexity index is 746. The molecule has 6 nitrogen and oxygen atoms in total. The van der Waals surface area contributed by atoms with Crippen molar-refractivity contribution in [2.75, 3.05) is 24.6 Å². The van der Waals surface area contributed by atoms with Gasteiger partial charge in [-0.1, -0.05) is 24.3 Å². The zero-order valence-corrected chi connectivity index (χ0v) is 18.2. The molecule has 0 amide bonds. The van der Waals surface area contributed by atoms with Crippen LogP contribution < -0.4 is 20.7 Å². The first-order chi connectivity index (χ1) is 12.7. The largest absolute Gasteiger partial charge is 0.493 e. The molecule has 2 heterocycles. The molecule has 0 aliphatic carbocycles. The number of nitrogens with two attached hydrogens (primary N) is 1. The van der Waals surface area contributed by atoms with Gasteiger partial charge in [-0.2, -0.15) is 0 Å². The molecule has 1 unspecified atom stereocenters. The minimum absolute atomic E-state index is 0. The molecule has 3 rings (SSSR count). The van der Waals surface area contributed by atoms with Crippen LogP contribution in [0.1, 0.15) is 37.4 Å². The van der Waals surface area contributed by atoms with Gasteiger partial charge in [-0.05, 0) is 31.5 Å². The van der Waals surface area contributed by atoms with Crippen LogP contribution >= 0.6 is 24.0 Å². The van der Waals surface area contributed by atoms with Crippen LogP contribution in [0.4, 0.5) is 5.82 Å². The monoisotopic (exact) mass is 481 g/mol. The smallest absolute Gasteiger partial charge is 0.189 e. The summed E-state index contributed by atoms with van der Waals surface area (Å²) in [5.74, 6) is 2.35. The number of aromatic nitrogens is 1. The summed E-state index contributed by atoms with van der Waals surface area (Å²) >= 11 is 0. The summed E-state index contributed by atoms with van der Waals surface area (Å²) in [6.07, 6.45) is 2.74. The summed E-state index contributed by atoms with van der Waals surface area (Å²) in [7, 11) is 0. The fraction of sp³-hybridized carbons (Fsp3) is 0.400. The van der Waals surface area contributed by atoms with E-state index in [4.69, 9.17) is 10.5 Å². The number of anilines is 1. The molecule has 0 spiro atoms. The molecule has 0 bridgehead atoms. The Balaban J connectivity index is 0.00000261. The topological polar surface area (TPSA) is 75.8 Å². The maximum Gasteiger partial charge on any atom is 0.189 e. The molecular weight excluding hydrogens is 453 g/mol. The third kappa shape index (κ3) is 5.47. The molecule has 1 aliphatic heterocycles. The van der Waals surface area contributed by atoms with E-state index in [1.807, 2.05) is 30.5 Å². The maximum atomic E-state index is 6.10. The SMILES string of the molecule is CCN(CC)c1ccc(CN=C(N)NC2CCOc3ccccc32)cn1.I. The Morgan fingerprint density at radius 1 is 1.26 bits per heavy atom. The van der Waals surface area contributed by atoms with Gasteiger partial charge in [0.1, 0.15) is 11.6 Å². The summed E-state index contributed by atoms with van der Waals surface area (Å²) in [6.45, 7) is 7.34. The lowest BCUT2D eigenvalue weighted by Crippen LogP contribution is -2.37. The second-order valence-corrected chi connectivity index (χ2v) is 6.27. The lowest BCUT2D eigenvalue weighted by Gasteiger charge is -2.26. The van der Waals surface area contributed by atoms with E-state index >= 15 is 0 Å². The van der Waals surface area contributed by atoms with Crippen molar-refractivity contribution in [3.05, 3.63) is 53.7 Å². The zero-order chi connectivity index (χ0) is 18.4. The minimum Gasteiger partial charge on any atom is -0.493 e. The summed E-state index contributed by atoms with van der Waals surface area (Å²) in [4.78, 5) is 11.2. The summed E-state index contributed by atoms with van der Waals surface area (Å²) < 4.78 is 5.68. The first-order valence-electron chi connectivity index (χ1n) is 9.19. The second kappa shape index (κ2) is 10.3. The van der Waals surface area contributed by atoms with Crippen molar-refractivity contribution in [3.8, 4) is 5.75 Å². The molecular formula is C20H28IN5O. The Labute approximate surface area is 178 Å². The van der Waals surface area contributed by atoms with Crippen molar-refractivity contribution in [2.24, 2.45) is 10.7 Å². The Kier molecular flexibility index (Phi) is 8.15. The van der Waals surface area contributed by atoms with Gasteiger partial charge in [0.2, 0.25) is 0 Å². The number of nitrogens with zero attached hydrogens (tertiary/aromatic N) is 3. The Morgan fingerprint density at radius 3 is 2.74 bits per heavy atom. The molecule has 1 aromatic heterocycles. The molecule has 27 heavy (non-hydrogen) atoms. The van der Waals surface area contributed by atoms with E-state index < -0.39 is 0 Å². The summed E-state index contributed by atoms with van der Waals surface area (Å²) in [5.41, 5.74) is 8.27. The molecule has 1 atom stereocenters. The number of rotatable bonds is 6. The molecule has 146 valence electrons. The lowest BCUT2D eigenvalue weighted by atomic mass is 10.0. The van der Waals surface area contributed by atoms with Crippen molar-refractivity contribution < 1.29 is 4.74 Å². The third-order valence-corrected chi connectivity index (χ3v) is 4.61. The Morgan fingerprint density at radius 2 is 2.04 bits per heavy atom. The van der Waals surface area contributed by atoms with Crippen LogP contribution in [0.25, 0.3) is 0 Å². The van der Waals surface area contributed by atoms with E-state index in [2.05, 4.69) is 46.2 Å². The molecule has 0 saturated heterocycles. The van der Waals surface area contributed by atoms with Crippen molar-refractivity contribution in [1.82, 2.24) is 10.3 Å². The summed E-state index contributed by atoms with van der Waals surface area (Å²) in [5, 5.41) is 3.31. The zero-order valence-electron chi connectivity index (χ0n) is 15.9. The number of hydrogen-bond donors (Lipinski definition) is 2. The number of fused-ring (bicyclic) bond motifs is 1. The van der Waals surface area contributed by atoms with E-state index in [9.17, 15) is 0 Å². The molecule has 0 saturated carbocycles. The average molecular weight is 481 g/mol. The van der Waals surface area contributed by atoms with Crippen molar-refractivity contribution in [2.45, 2.75) is 32.9 Å². The van der Waals surface area contributed by atoms with Crippen molar-refractivity contribution in [1.29, 1.82) is 0 Å². The lowest BCUT2D eigenvalue weighted by molar-refractivity contribution is 0.262. The second-order valence-electron chi connectivity index (χ2n) is 6.27. The predicted octanol–water partition coefficient (Wildman–Crippen LogP) is 3.47. The van der Waals surface area contributed by atoms with Gasteiger partial charge in [-0.25, -0.2) is 9.98 Å². The number of nitrogens with one attached hydrogen (secondary N) is 1. The van der Waals surface area contributed by atoms with Gasteiger partial charge in [0.05, 0.1) is 19.2 Å². The van der Waals surface area contributed by atoms with E-state index in [1.54, 1.807) is 0 Å². The van der Waals surface area contributed by atoms with E-state index in [-0.39, 0.29) is 30.0 Å². The van der Waals surface area contributed by atoms with Crippen LogP contribution in [-0.2, 0) is 6.54 Å². The number of pyridine rings is 1. The van der Waals surface area contributed by atoms with Crippen LogP contribution in [0.15, 0.2) is 47.6 Å². The van der Waals surface area contributed by atoms with Gasteiger partial charge in [0.25, 0.3) is 0 Å². The number of halogens is 1. The molecule has 1 aromatic carbocycles. The number of ether oxygens (including phenoxy) is 1. The van der Waals surface area contributed by atoms with Crippen LogP contribution in [0.5, 0.6) is 5.75 Å². The standard InChI is InChI=1S/C20H27N5O.HI/c1-3-25(4-2)19-10-9-15(13-22-19)14-23-20(21)24-17-11-12-26-18-8-6-5-7-16(17)18;/h5-10,13,17H,3-4,11-12,14H2,1-2H3,(H3,21,23,24);1H. The van der Waals surface area contributed by atoms with Crippen LogP contribution in [0.2, 0.25) is 0 Å². The van der Waals surface area contributed by atoms with E-state index in [0.717, 1.165) is 42.2 Å². The van der Waals surface area contributed by atoms with Crippen LogP contribution in [-0.4, -0.2) is 30.6 Å². The highest BCUT2D eigenvalue weighted by molar-refractivity contribution is 14.0. The van der Waals surface area contributed by atoms with E-state index in [0.29, 0.717) is 19.1 Å². The number of aliphatic imine (C=N–C) groups is 1. The normalized spacial score (nSPS) is 15.9. The van der Waals surface area contributed by atoms with Gasteiger partial charge in [-0.3, -0.25) is 0 Å². The third-order valence-electron chi connectivity index (χ3n) is 4.61. The van der Waals surface area contributed by atoms with Gasteiger partial charge in [-0.15, -0.1) is 24.0 Å². The first-order valence-corrected chi connectivity index (χ1v) is 9.19. The minimum atomic E-state index is 0. The highest BCUT2D eigenvalue weighted by atomic mass is 127. The molecule has 7 heteroatoms. The molecule has 3 N–H and O–H groups in total. The highest BCUT2D eigenvalue weighted by Crippen LogP contribution is 2.31. The van der Waals surface area contributed by atoms with Crippen molar-refractivity contribution in [3.63, 3.8) is 0 Å². The number of para-hydroxylation sites is 1. The highest BCUT2D eigenvalue weighted by Gasteiger charge is 2.21. The first kappa shape index (κ1) is 21.3. The number of benzene rings is 1. The Hall–Kier alpha value is -2.03. The van der Waals surface area contributed by atoms with Crippen LogP contribution in [0, 0.1) is 0 Å².